The molecule has 0 radical (unpaired) electrons. The van der Waals surface area contributed by atoms with Crippen LogP contribution in [-0.4, -0.2) is 35.0 Å². The molecule has 0 aliphatic carbocycles. The molecular weight excluding hydrogens is 276 g/mol. The predicted octanol–water partition coefficient (Wildman–Crippen LogP) is 3.07. The number of hydrogen-bond acceptors (Lipinski definition) is 3. The van der Waals surface area contributed by atoms with Gasteiger partial charge < -0.3 is 9.64 Å². The van der Waals surface area contributed by atoms with Crippen LogP contribution in [0.3, 0.4) is 0 Å². The topological polar surface area (TPSA) is 42.4 Å². The second-order valence-electron chi connectivity index (χ2n) is 5.66. The van der Waals surface area contributed by atoms with E-state index in [1.54, 1.807) is 12.4 Å². The number of carbonyl (C=O) groups is 1. The lowest BCUT2D eigenvalue weighted by Crippen LogP contribution is -2.41. The SMILES string of the molecule is Cc1cccc(C(=O)N2CCC(Oc3ccncc3)CC2)c1. The van der Waals surface area contributed by atoms with Crippen molar-refractivity contribution in [3.05, 3.63) is 59.9 Å². The quantitative estimate of drug-likeness (QED) is 0.874. The van der Waals surface area contributed by atoms with E-state index in [2.05, 4.69) is 4.98 Å². The summed E-state index contributed by atoms with van der Waals surface area (Å²) < 4.78 is 5.93. The normalized spacial score (nSPS) is 15.6. The third-order valence-electron chi connectivity index (χ3n) is 3.95. The molecule has 2 aromatic rings. The second kappa shape index (κ2) is 6.60. The molecule has 2 heterocycles. The molecule has 22 heavy (non-hydrogen) atoms. The summed E-state index contributed by atoms with van der Waals surface area (Å²) in [6.45, 7) is 3.48. The fraction of sp³-hybridized carbons (Fsp3) is 0.333. The first-order chi connectivity index (χ1) is 10.7. The van der Waals surface area contributed by atoms with Crippen LogP contribution in [0.5, 0.6) is 5.75 Å². The number of aromatic nitrogens is 1. The number of benzene rings is 1. The molecule has 3 rings (SSSR count). The largest absolute Gasteiger partial charge is 0.490 e. The number of likely N-dealkylation sites (tertiary alicyclic amines) is 1. The maximum Gasteiger partial charge on any atom is 0.253 e. The van der Waals surface area contributed by atoms with E-state index in [0.717, 1.165) is 42.8 Å². The average molecular weight is 296 g/mol. The summed E-state index contributed by atoms with van der Waals surface area (Å²) in [4.78, 5) is 18.4. The zero-order valence-corrected chi connectivity index (χ0v) is 12.7. The Hall–Kier alpha value is -2.36. The van der Waals surface area contributed by atoms with Crippen molar-refractivity contribution in [3.63, 3.8) is 0 Å². The molecule has 0 unspecified atom stereocenters. The van der Waals surface area contributed by atoms with Crippen LogP contribution in [0, 0.1) is 6.92 Å². The summed E-state index contributed by atoms with van der Waals surface area (Å²) in [5.74, 6) is 0.963. The highest BCUT2D eigenvalue weighted by atomic mass is 16.5. The highest BCUT2D eigenvalue weighted by Gasteiger charge is 2.24. The molecule has 0 atom stereocenters. The lowest BCUT2D eigenvalue weighted by atomic mass is 10.1. The van der Waals surface area contributed by atoms with Gasteiger partial charge in [0.05, 0.1) is 0 Å². The predicted molar refractivity (Wildman–Crippen MR) is 85.0 cm³/mol. The summed E-state index contributed by atoms with van der Waals surface area (Å²) in [5, 5.41) is 0. The van der Waals surface area contributed by atoms with Crippen LogP contribution < -0.4 is 4.74 Å². The van der Waals surface area contributed by atoms with Gasteiger partial charge in [0.1, 0.15) is 11.9 Å². The van der Waals surface area contributed by atoms with Crippen molar-refractivity contribution in [3.8, 4) is 5.75 Å². The van der Waals surface area contributed by atoms with Gasteiger partial charge in [0.25, 0.3) is 5.91 Å². The van der Waals surface area contributed by atoms with Crippen molar-refractivity contribution < 1.29 is 9.53 Å². The lowest BCUT2D eigenvalue weighted by molar-refractivity contribution is 0.0595. The van der Waals surface area contributed by atoms with E-state index in [-0.39, 0.29) is 12.0 Å². The van der Waals surface area contributed by atoms with Gasteiger partial charge in [-0.2, -0.15) is 0 Å². The maximum absolute atomic E-state index is 12.5. The van der Waals surface area contributed by atoms with Crippen molar-refractivity contribution in [1.82, 2.24) is 9.88 Å². The van der Waals surface area contributed by atoms with Crippen LogP contribution in [0.15, 0.2) is 48.8 Å². The van der Waals surface area contributed by atoms with Crippen molar-refractivity contribution in [2.24, 2.45) is 0 Å². The van der Waals surface area contributed by atoms with Gasteiger partial charge >= 0.3 is 0 Å². The van der Waals surface area contributed by atoms with Gasteiger partial charge in [-0.15, -0.1) is 0 Å². The molecule has 0 saturated carbocycles. The van der Waals surface area contributed by atoms with Crippen LogP contribution >= 0.6 is 0 Å². The van der Waals surface area contributed by atoms with Gasteiger partial charge in [-0.3, -0.25) is 9.78 Å². The van der Waals surface area contributed by atoms with Crippen LogP contribution in [0.2, 0.25) is 0 Å². The molecule has 1 aliphatic rings. The molecule has 1 fully saturated rings. The van der Waals surface area contributed by atoms with E-state index in [4.69, 9.17) is 4.74 Å². The van der Waals surface area contributed by atoms with E-state index < -0.39 is 0 Å². The number of hydrogen-bond donors (Lipinski definition) is 0. The Morgan fingerprint density at radius 1 is 1.18 bits per heavy atom. The van der Waals surface area contributed by atoms with E-state index in [0.29, 0.717) is 0 Å². The fourth-order valence-electron chi connectivity index (χ4n) is 2.75. The summed E-state index contributed by atoms with van der Waals surface area (Å²) in [7, 11) is 0. The Kier molecular flexibility index (Phi) is 4.37. The lowest BCUT2D eigenvalue weighted by Gasteiger charge is -2.32. The van der Waals surface area contributed by atoms with Crippen molar-refractivity contribution in [1.29, 1.82) is 0 Å². The van der Waals surface area contributed by atoms with Gasteiger partial charge in [-0.1, -0.05) is 17.7 Å². The van der Waals surface area contributed by atoms with Gasteiger partial charge in [0.15, 0.2) is 0 Å². The Bertz CT molecular complexity index is 635. The molecule has 0 spiro atoms. The minimum absolute atomic E-state index is 0.117. The highest BCUT2D eigenvalue weighted by Crippen LogP contribution is 2.19. The standard InChI is InChI=1S/C18H20N2O2/c1-14-3-2-4-15(13-14)18(21)20-11-7-17(8-12-20)22-16-5-9-19-10-6-16/h2-6,9-10,13,17H,7-8,11-12H2,1H3. The number of pyridine rings is 1. The van der Waals surface area contributed by atoms with Crippen LogP contribution in [-0.2, 0) is 0 Å². The minimum atomic E-state index is 0.117. The summed E-state index contributed by atoms with van der Waals surface area (Å²) >= 11 is 0. The van der Waals surface area contributed by atoms with E-state index >= 15 is 0 Å². The fourth-order valence-corrected chi connectivity index (χ4v) is 2.75. The van der Waals surface area contributed by atoms with Crippen molar-refractivity contribution in [2.45, 2.75) is 25.9 Å². The number of piperidine rings is 1. The molecule has 1 amide bonds. The number of ether oxygens (including phenoxy) is 1. The number of nitrogens with zero attached hydrogens (tertiary/aromatic N) is 2. The maximum atomic E-state index is 12.5. The molecule has 114 valence electrons. The van der Waals surface area contributed by atoms with Gasteiger partial charge in [0, 0.05) is 43.9 Å². The highest BCUT2D eigenvalue weighted by molar-refractivity contribution is 5.94. The summed E-state index contributed by atoms with van der Waals surface area (Å²) in [6.07, 6.45) is 5.35. The number of amides is 1. The third-order valence-corrected chi connectivity index (χ3v) is 3.95. The van der Waals surface area contributed by atoms with Crippen molar-refractivity contribution >= 4 is 5.91 Å². The van der Waals surface area contributed by atoms with Crippen molar-refractivity contribution in [2.75, 3.05) is 13.1 Å². The Morgan fingerprint density at radius 2 is 1.91 bits per heavy atom. The number of aryl methyl sites for hydroxylation is 1. The molecule has 1 aromatic carbocycles. The second-order valence-corrected chi connectivity index (χ2v) is 5.66. The number of carbonyl (C=O) groups excluding carboxylic acids is 1. The zero-order valence-electron chi connectivity index (χ0n) is 12.7. The monoisotopic (exact) mass is 296 g/mol. The molecular formula is C18H20N2O2. The molecule has 4 heteroatoms. The molecule has 4 nitrogen and oxygen atoms in total. The Labute approximate surface area is 130 Å². The first-order valence-electron chi connectivity index (χ1n) is 7.65. The first kappa shape index (κ1) is 14.6. The van der Waals surface area contributed by atoms with E-state index in [1.807, 2.05) is 48.2 Å². The molecule has 1 aliphatic heterocycles. The average Bonchev–Trinajstić information content (AvgIpc) is 2.56. The van der Waals surface area contributed by atoms with Gasteiger partial charge in [0.2, 0.25) is 0 Å². The Balaban J connectivity index is 1.56. The zero-order chi connectivity index (χ0) is 15.4. The van der Waals surface area contributed by atoms with E-state index in [1.165, 1.54) is 0 Å². The first-order valence-corrected chi connectivity index (χ1v) is 7.65. The van der Waals surface area contributed by atoms with Crippen LogP contribution in [0.25, 0.3) is 0 Å². The molecule has 1 saturated heterocycles. The molecule has 0 bridgehead atoms. The third kappa shape index (κ3) is 3.45. The summed E-state index contributed by atoms with van der Waals surface area (Å²) in [6, 6.07) is 11.5. The molecule has 1 aromatic heterocycles. The van der Waals surface area contributed by atoms with E-state index in [9.17, 15) is 4.79 Å². The minimum Gasteiger partial charge on any atom is -0.490 e. The smallest absolute Gasteiger partial charge is 0.253 e. The van der Waals surface area contributed by atoms with Gasteiger partial charge in [-0.25, -0.2) is 0 Å². The Morgan fingerprint density at radius 3 is 2.59 bits per heavy atom. The van der Waals surface area contributed by atoms with Crippen LogP contribution in [0.4, 0.5) is 0 Å². The van der Waals surface area contributed by atoms with Gasteiger partial charge in [-0.05, 0) is 31.2 Å². The number of rotatable bonds is 3. The summed E-state index contributed by atoms with van der Waals surface area (Å²) in [5.41, 5.74) is 1.88. The van der Waals surface area contributed by atoms with Crippen LogP contribution in [0.1, 0.15) is 28.8 Å². The molecule has 0 N–H and O–H groups in total.